The summed E-state index contributed by atoms with van der Waals surface area (Å²) in [5.41, 5.74) is 2.21. The van der Waals surface area contributed by atoms with Crippen LogP contribution >= 0.6 is 22.9 Å². The van der Waals surface area contributed by atoms with Crippen LogP contribution in [0.1, 0.15) is 27.9 Å². The van der Waals surface area contributed by atoms with Crippen LogP contribution in [0, 0.1) is 6.92 Å². The average Bonchev–Trinajstić information content (AvgIpc) is 3.13. The lowest BCUT2D eigenvalue weighted by molar-refractivity contribution is 0.447. The molecule has 0 aromatic carbocycles. The molecule has 3 aromatic heterocycles. The standard InChI is InChI=1S/C16H15ClN2OS/c1-11-4-2-8-18-12(11)10-19-16(13-5-3-9-20-13)14-6-7-15(17)21-14/h2-9,16,19H,10H2,1H3. The Morgan fingerprint density at radius 1 is 1.29 bits per heavy atom. The van der Waals surface area contributed by atoms with E-state index in [0.717, 1.165) is 20.7 Å². The van der Waals surface area contributed by atoms with Crippen LogP contribution in [0.5, 0.6) is 0 Å². The van der Waals surface area contributed by atoms with E-state index in [1.165, 1.54) is 5.56 Å². The van der Waals surface area contributed by atoms with E-state index in [2.05, 4.69) is 23.3 Å². The van der Waals surface area contributed by atoms with E-state index in [0.29, 0.717) is 6.54 Å². The fourth-order valence-corrected chi connectivity index (χ4v) is 3.33. The minimum absolute atomic E-state index is 0.0149. The van der Waals surface area contributed by atoms with Gasteiger partial charge in [-0.15, -0.1) is 11.3 Å². The highest BCUT2D eigenvalue weighted by Gasteiger charge is 2.18. The van der Waals surface area contributed by atoms with Gasteiger partial charge in [0.25, 0.3) is 0 Å². The largest absolute Gasteiger partial charge is 0.467 e. The molecule has 3 heterocycles. The molecule has 0 aliphatic carbocycles. The lowest BCUT2D eigenvalue weighted by atomic mass is 10.1. The van der Waals surface area contributed by atoms with Crippen LogP contribution in [0.25, 0.3) is 0 Å². The molecule has 108 valence electrons. The van der Waals surface area contributed by atoms with Gasteiger partial charge in [0.05, 0.1) is 16.3 Å². The minimum Gasteiger partial charge on any atom is -0.467 e. The predicted octanol–water partition coefficient (Wildman–Crippen LogP) is 4.58. The smallest absolute Gasteiger partial charge is 0.126 e. The predicted molar refractivity (Wildman–Crippen MR) is 85.7 cm³/mol. The third-order valence-electron chi connectivity index (χ3n) is 3.30. The number of hydrogen-bond donors (Lipinski definition) is 1. The number of aromatic nitrogens is 1. The van der Waals surface area contributed by atoms with Gasteiger partial charge in [-0.25, -0.2) is 0 Å². The van der Waals surface area contributed by atoms with E-state index < -0.39 is 0 Å². The molecular weight excluding hydrogens is 304 g/mol. The minimum atomic E-state index is -0.0149. The molecule has 21 heavy (non-hydrogen) atoms. The van der Waals surface area contributed by atoms with Crippen LogP contribution < -0.4 is 5.32 Å². The van der Waals surface area contributed by atoms with Gasteiger partial charge in [-0.2, -0.15) is 0 Å². The molecule has 3 nitrogen and oxygen atoms in total. The monoisotopic (exact) mass is 318 g/mol. The number of pyridine rings is 1. The van der Waals surface area contributed by atoms with Gasteiger partial charge in [0.15, 0.2) is 0 Å². The van der Waals surface area contributed by atoms with Crippen LogP contribution in [-0.4, -0.2) is 4.98 Å². The molecule has 0 saturated carbocycles. The van der Waals surface area contributed by atoms with Crippen molar-refractivity contribution in [3.8, 4) is 0 Å². The zero-order valence-corrected chi connectivity index (χ0v) is 13.1. The number of hydrogen-bond acceptors (Lipinski definition) is 4. The number of rotatable bonds is 5. The summed E-state index contributed by atoms with van der Waals surface area (Å²) < 4.78 is 6.33. The van der Waals surface area contributed by atoms with Crippen molar-refractivity contribution in [1.82, 2.24) is 10.3 Å². The highest BCUT2D eigenvalue weighted by atomic mass is 35.5. The van der Waals surface area contributed by atoms with Gasteiger partial charge in [0.2, 0.25) is 0 Å². The van der Waals surface area contributed by atoms with E-state index in [1.807, 2.05) is 36.5 Å². The first-order valence-electron chi connectivity index (χ1n) is 6.66. The summed E-state index contributed by atoms with van der Waals surface area (Å²) in [7, 11) is 0. The van der Waals surface area contributed by atoms with Crippen molar-refractivity contribution in [1.29, 1.82) is 0 Å². The first-order valence-corrected chi connectivity index (χ1v) is 7.86. The maximum Gasteiger partial charge on any atom is 0.126 e. The number of nitrogens with zero attached hydrogens (tertiary/aromatic N) is 1. The van der Waals surface area contributed by atoms with Gasteiger partial charge in [-0.05, 0) is 42.8 Å². The van der Waals surface area contributed by atoms with Crippen molar-refractivity contribution < 1.29 is 4.42 Å². The molecule has 1 N–H and O–H groups in total. The maximum absolute atomic E-state index is 6.06. The number of halogens is 1. The van der Waals surface area contributed by atoms with Gasteiger partial charge in [0.1, 0.15) is 11.8 Å². The summed E-state index contributed by atoms with van der Waals surface area (Å²) in [5, 5.41) is 3.50. The molecule has 3 aromatic rings. The molecule has 1 atom stereocenters. The molecule has 0 aliphatic rings. The second-order valence-corrected chi connectivity index (χ2v) is 6.48. The zero-order valence-electron chi connectivity index (χ0n) is 11.5. The summed E-state index contributed by atoms with van der Waals surface area (Å²) in [6.07, 6.45) is 3.50. The second-order valence-electron chi connectivity index (χ2n) is 4.74. The highest BCUT2D eigenvalue weighted by molar-refractivity contribution is 7.16. The molecule has 3 rings (SSSR count). The highest BCUT2D eigenvalue weighted by Crippen LogP contribution is 2.31. The van der Waals surface area contributed by atoms with Crippen molar-refractivity contribution >= 4 is 22.9 Å². The average molecular weight is 319 g/mol. The van der Waals surface area contributed by atoms with Crippen molar-refractivity contribution in [2.45, 2.75) is 19.5 Å². The molecular formula is C16H15ClN2OS. The second kappa shape index (κ2) is 6.43. The Bertz CT molecular complexity index is 709. The van der Waals surface area contributed by atoms with Gasteiger partial charge in [-0.1, -0.05) is 17.7 Å². The van der Waals surface area contributed by atoms with Crippen LogP contribution in [0.4, 0.5) is 0 Å². The van der Waals surface area contributed by atoms with Crippen LogP contribution in [-0.2, 0) is 6.54 Å². The third kappa shape index (κ3) is 3.35. The summed E-state index contributed by atoms with van der Waals surface area (Å²) in [6.45, 7) is 2.74. The van der Waals surface area contributed by atoms with Crippen molar-refractivity contribution in [2.24, 2.45) is 0 Å². The fourth-order valence-electron chi connectivity index (χ4n) is 2.18. The Morgan fingerprint density at radius 3 is 2.86 bits per heavy atom. The first kappa shape index (κ1) is 14.3. The van der Waals surface area contributed by atoms with Gasteiger partial charge < -0.3 is 4.42 Å². The van der Waals surface area contributed by atoms with Crippen molar-refractivity contribution in [2.75, 3.05) is 0 Å². The number of thiophene rings is 1. The lowest BCUT2D eigenvalue weighted by Crippen LogP contribution is -2.21. The molecule has 1 unspecified atom stereocenters. The topological polar surface area (TPSA) is 38.1 Å². The first-order chi connectivity index (χ1) is 10.2. The van der Waals surface area contributed by atoms with Crippen molar-refractivity contribution in [3.63, 3.8) is 0 Å². The normalized spacial score (nSPS) is 12.5. The van der Waals surface area contributed by atoms with E-state index in [4.69, 9.17) is 16.0 Å². The molecule has 0 radical (unpaired) electrons. The fraction of sp³-hybridized carbons (Fsp3) is 0.188. The van der Waals surface area contributed by atoms with E-state index in [9.17, 15) is 0 Å². The van der Waals surface area contributed by atoms with E-state index in [-0.39, 0.29) is 6.04 Å². The summed E-state index contributed by atoms with van der Waals surface area (Å²) in [5.74, 6) is 0.877. The van der Waals surface area contributed by atoms with Crippen molar-refractivity contribution in [3.05, 3.63) is 75.1 Å². The van der Waals surface area contributed by atoms with E-state index >= 15 is 0 Å². The Labute approximate surface area is 132 Å². The maximum atomic E-state index is 6.06. The number of nitrogens with one attached hydrogen (secondary N) is 1. The third-order valence-corrected chi connectivity index (χ3v) is 4.59. The van der Waals surface area contributed by atoms with Gasteiger partial charge >= 0.3 is 0 Å². The van der Waals surface area contributed by atoms with Gasteiger partial charge in [-0.3, -0.25) is 10.3 Å². The van der Waals surface area contributed by atoms with Gasteiger partial charge in [0, 0.05) is 17.6 Å². The Kier molecular flexibility index (Phi) is 4.39. The molecule has 0 saturated heterocycles. The van der Waals surface area contributed by atoms with Crippen LogP contribution in [0.15, 0.2) is 53.3 Å². The SMILES string of the molecule is Cc1cccnc1CNC(c1ccco1)c1ccc(Cl)s1. The lowest BCUT2D eigenvalue weighted by Gasteiger charge is -2.15. The Morgan fingerprint density at radius 2 is 2.19 bits per heavy atom. The molecule has 5 heteroatoms. The Hall–Kier alpha value is -1.62. The molecule has 0 bridgehead atoms. The summed E-state index contributed by atoms with van der Waals surface area (Å²) in [6, 6.07) is 11.8. The molecule has 0 aliphatic heterocycles. The van der Waals surface area contributed by atoms with E-state index in [1.54, 1.807) is 17.6 Å². The number of aryl methyl sites for hydroxylation is 1. The summed E-state index contributed by atoms with van der Waals surface area (Å²) in [4.78, 5) is 5.54. The molecule has 0 spiro atoms. The van der Waals surface area contributed by atoms with Crippen LogP contribution in [0.3, 0.4) is 0 Å². The number of furan rings is 1. The summed E-state index contributed by atoms with van der Waals surface area (Å²) >= 11 is 7.61. The van der Waals surface area contributed by atoms with Crippen LogP contribution in [0.2, 0.25) is 4.34 Å². The molecule has 0 fully saturated rings. The molecule has 0 amide bonds. The zero-order chi connectivity index (χ0) is 14.7. The quantitative estimate of drug-likeness (QED) is 0.748. The Balaban J connectivity index is 1.82.